The summed E-state index contributed by atoms with van der Waals surface area (Å²) in [6.45, 7) is 1.93. The summed E-state index contributed by atoms with van der Waals surface area (Å²) in [5.74, 6) is 3.10. The van der Waals surface area contributed by atoms with Crippen LogP contribution in [0.25, 0.3) is 10.2 Å². The average molecular weight is 443 g/mol. The lowest BCUT2D eigenvalue weighted by Gasteiger charge is -2.29. The van der Waals surface area contributed by atoms with Crippen LogP contribution in [0.15, 0.2) is 52.4 Å². The maximum absolute atomic E-state index is 12.9. The number of carbonyl (C=O) groups is 1. The molecule has 2 atom stereocenters. The fourth-order valence-electron chi connectivity index (χ4n) is 3.16. The Labute approximate surface area is 177 Å². The number of hydrogen-bond donors (Lipinski definition) is 0. The second-order valence-electron chi connectivity index (χ2n) is 6.83. The second-order valence-corrected chi connectivity index (χ2v) is 9.86. The first kappa shape index (κ1) is 20.2. The fraction of sp³-hybridized carbons (Fsp3) is 0.238. The van der Waals surface area contributed by atoms with Crippen molar-refractivity contribution in [3.05, 3.63) is 47.3 Å². The summed E-state index contributed by atoms with van der Waals surface area (Å²) in [7, 11) is -3.36. The zero-order valence-electron chi connectivity index (χ0n) is 16.2. The normalized spacial score (nSPS) is 18.9. The van der Waals surface area contributed by atoms with Crippen molar-refractivity contribution in [2.75, 3.05) is 6.26 Å². The van der Waals surface area contributed by atoms with Crippen LogP contribution in [0, 0.1) is 12.3 Å². The monoisotopic (exact) mass is 442 g/mol. The van der Waals surface area contributed by atoms with E-state index < -0.39 is 28.0 Å². The number of thiazole rings is 1. The van der Waals surface area contributed by atoms with Gasteiger partial charge in [0.25, 0.3) is 5.91 Å². The highest BCUT2D eigenvalue weighted by atomic mass is 32.2. The van der Waals surface area contributed by atoms with Crippen molar-refractivity contribution in [2.45, 2.75) is 30.6 Å². The van der Waals surface area contributed by atoms with Gasteiger partial charge in [0, 0.05) is 6.26 Å². The number of para-hydroxylation sites is 2. The highest BCUT2D eigenvalue weighted by molar-refractivity contribution is 7.90. The van der Waals surface area contributed by atoms with Gasteiger partial charge in [-0.1, -0.05) is 29.4 Å². The fourth-order valence-corrected chi connectivity index (χ4v) is 4.96. The molecule has 0 radical (unpaired) electrons. The number of fused-ring (bicyclic) bond motifs is 2. The van der Waals surface area contributed by atoms with Gasteiger partial charge in [0.1, 0.15) is 6.10 Å². The maximum Gasteiger partial charge on any atom is 0.293 e. The molecule has 1 aliphatic rings. The van der Waals surface area contributed by atoms with E-state index in [-0.39, 0.29) is 11.4 Å². The van der Waals surface area contributed by atoms with Gasteiger partial charge in [-0.3, -0.25) is 4.79 Å². The Kier molecular flexibility index (Phi) is 5.13. The Morgan fingerprint density at radius 3 is 2.60 bits per heavy atom. The number of nitrogens with zero attached hydrogens (tertiary/aromatic N) is 2. The lowest BCUT2D eigenvalue weighted by molar-refractivity contribution is -0.130. The minimum Gasteiger partial charge on any atom is -0.482 e. The number of amides is 1. The van der Waals surface area contributed by atoms with E-state index in [1.54, 1.807) is 41.8 Å². The lowest BCUT2D eigenvalue weighted by Crippen LogP contribution is -2.43. The number of rotatable bonds is 3. The third kappa shape index (κ3) is 3.72. The van der Waals surface area contributed by atoms with E-state index in [1.165, 1.54) is 17.4 Å². The summed E-state index contributed by atoms with van der Waals surface area (Å²) in [6, 6.07) is 11.9. The molecule has 30 heavy (non-hydrogen) atoms. The number of carbonyl (C=O) groups excluding carboxylic acids is 1. The number of sulfone groups is 1. The topological polar surface area (TPSA) is 87.0 Å². The van der Waals surface area contributed by atoms with Gasteiger partial charge in [-0.25, -0.2) is 8.42 Å². The summed E-state index contributed by atoms with van der Waals surface area (Å²) in [4.78, 5) is 17.7. The van der Waals surface area contributed by atoms with E-state index in [4.69, 9.17) is 15.9 Å². The van der Waals surface area contributed by atoms with E-state index >= 15 is 0 Å². The lowest BCUT2D eigenvalue weighted by atomic mass is 10.1. The molecule has 2 unspecified atom stereocenters. The number of aromatic nitrogens is 1. The van der Waals surface area contributed by atoms with E-state index in [0.29, 0.717) is 26.5 Å². The average Bonchev–Trinajstić information content (AvgIpc) is 3.03. The molecule has 0 N–H and O–H groups in total. The Balaban J connectivity index is 1.77. The predicted octanol–water partition coefficient (Wildman–Crippen LogP) is 2.40. The second kappa shape index (κ2) is 7.63. The number of ether oxygens (including phenoxy) is 2. The van der Waals surface area contributed by atoms with E-state index in [9.17, 15) is 13.2 Å². The van der Waals surface area contributed by atoms with Crippen LogP contribution >= 0.6 is 11.3 Å². The van der Waals surface area contributed by atoms with Gasteiger partial charge < -0.3 is 14.0 Å². The Hall–Kier alpha value is -3.09. The van der Waals surface area contributed by atoms with Gasteiger partial charge in [-0.05, 0) is 37.3 Å². The molecule has 2 aromatic carbocycles. The zero-order chi connectivity index (χ0) is 21.5. The van der Waals surface area contributed by atoms with Gasteiger partial charge in [-0.2, -0.15) is 4.99 Å². The molecule has 9 heteroatoms. The molecule has 0 spiro atoms. The van der Waals surface area contributed by atoms with Crippen LogP contribution in [-0.4, -0.2) is 37.4 Å². The largest absolute Gasteiger partial charge is 0.482 e. The quantitative estimate of drug-likeness (QED) is 0.582. The molecule has 1 aromatic heterocycles. The minimum atomic E-state index is -3.36. The van der Waals surface area contributed by atoms with Gasteiger partial charge in [0.2, 0.25) is 6.10 Å². The van der Waals surface area contributed by atoms with Gasteiger partial charge in [0.15, 0.2) is 26.1 Å². The molecule has 7 nitrogen and oxygen atoms in total. The van der Waals surface area contributed by atoms with Crippen molar-refractivity contribution < 1.29 is 22.7 Å². The first-order valence-corrected chi connectivity index (χ1v) is 11.8. The van der Waals surface area contributed by atoms with Crippen LogP contribution in [0.5, 0.6) is 11.5 Å². The van der Waals surface area contributed by atoms with Crippen LogP contribution in [0.3, 0.4) is 0 Å². The van der Waals surface area contributed by atoms with Crippen LogP contribution in [-0.2, 0) is 21.2 Å². The highest BCUT2D eigenvalue weighted by Crippen LogP contribution is 2.33. The molecule has 154 valence electrons. The molecule has 0 saturated heterocycles. The molecule has 0 saturated carbocycles. The number of terminal acetylenes is 1. The first-order valence-electron chi connectivity index (χ1n) is 9.06. The van der Waals surface area contributed by atoms with Crippen molar-refractivity contribution in [1.82, 2.24) is 4.57 Å². The molecule has 3 aromatic rings. The molecule has 4 rings (SSSR count). The zero-order valence-corrected chi connectivity index (χ0v) is 17.9. The van der Waals surface area contributed by atoms with Crippen LogP contribution in [0.1, 0.15) is 6.92 Å². The smallest absolute Gasteiger partial charge is 0.293 e. The molecular weight excluding hydrogens is 424 g/mol. The Bertz CT molecular complexity index is 1360. The summed E-state index contributed by atoms with van der Waals surface area (Å²) < 4.78 is 37.7. The summed E-state index contributed by atoms with van der Waals surface area (Å²) in [6.07, 6.45) is 5.21. The predicted molar refractivity (Wildman–Crippen MR) is 113 cm³/mol. The molecule has 1 aliphatic heterocycles. The summed E-state index contributed by atoms with van der Waals surface area (Å²) in [5.41, 5.74) is 0.705. The standard InChI is InChI=1S/C21H18N2O5S2/c1-4-11-23-15-10-9-14(30(3,25)26)12-18(15)29-21(23)22-20(24)19-13(2)27-16-7-5-6-8-17(16)28-19/h1,5-10,12-13,19H,11H2,2-3H3. The molecule has 0 bridgehead atoms. The van der Waals surface area contributed by atoms with Crippen LogP contribution in [0.4, 0.5) is 0 Å². The van der Waals surface area contributed by atoms with Gasteiger partial charge in [0.05, 0.1) is 21.7 Å². The van der Waals surface area contributed by atoms with E-state index in [0.717, 1.165) is 6.26 Å². The van der Waals surface area contributed by atoms with E-state index in [1.807, 2.05) is 6.07 Å². The summed E-state index contributed by atoms with van der Waals surface area (Å²) >= 11 is 1.19. The Morgan fingerprint density at radius 1 is 1.23 bits per heavy atom. The van der Waals surface area contributed by atoms with Crippen LogP contribution < -0.4 is 14.3 Å². The third-order valence-electron chi connectivity index (χ3n) is 4.62. The Morgan fingerprint density at radius 2 is 1.93 bits per heavy atom. The first-order chi connectivity index (χ1) is 14.3. The number of benzene rings is 2. The van der Waals surface area contributed by atoms with Crippen molar-refractivity contribution in [1.29, 1.82) is 0 Å². The van der Waals surface area contributed by atoms with Crippen molar-refractivity contribution >= 4 is 37.3 Å². The molecular formula is C21H18N2O5S2. The third-order valence-corrected chi connectivity index (χ3v) is 6.77. The van der Waals surface area contributed by atoms with Crippen molar-refractivity contribution in [2.24, 2.45) is 4.99 Å². The summed E-state index contributed by atoms with van der Waals surface area (Å²) in [5, 5.41) is 0. The molecule has 0 fully saturated rings. The van der Waals surface area contributed by atoms with E-state index in [2.05, 4.69) is 10.9 Å². The van der Waals surface area contributed by atoms with Gasteiger partial charge in [-0.15, -0.1) is 6.42 Å². The molecule has 2 heterocycles. The van der Waals surface area contributed by atoms with Crippen molar-refractivity contribution in [3.63, 3.8) is 0 Å². The molecule has 1 amide bonds. The van der Waals surface area contributed by atoms with Crippen molar-refractivity contribution in [3.8, 4) is 23.8 Å². The number of hydrogen-bond acceptors (Lipinski definition) is 6. The molecule has 0 aliphatic carbocycles. The minimum absolute atomic E-state index is 0.185. The van der Waals surface area contributed by atoms with Crippen LogP contribution in [0.2, 0.25) is 0 Å². The van der Waals surface area contributed by atoms with Gasteiger partial charge >= 0.3 is 0 Å². The SMILES string of the molecule is C#CCn1c(=NC(=O)C2Oc3ccccc3OC2C)sc2cc(S(C)(=O)=O)ccc21. The highest BCUT2D eigenvalue weighted by Gasteiger charge is 2.34. The maximum atomic E-state index is 12.9.